The summed E-state index contributed by atoms with van der Waals surface area (Å²) in [6.45, 7) is 7.92. The molecule has 0 saturated carbocycles. The fraction of sp³-hybridized carbons (Fsp3) is 0.938. The average molecular weight is 297 g/mol. The molecule has 2 fully saturated rings. The zero-order valence-electron chi connectivity index (χ0n) is 13.6. The molecule has 0 unspecified atom stereocenters. The van der Waals surface area contributed by atoms with E-state index in [-0.39, 0.29) is 12.5 Å². The van der Waals surface area contributed by atoms with Crippen molar-refractivity contribution in [2.75, 3.05) is 46.4 Å². The molecule has 1 N–H and O–H groups in total. The maximum atomic E-state index is 11.8. The Kier molecular flexibility index (Phi) is 6.93. The van der Waals surface area contributed by atoms with Gasteiger partial charge in [0.1, 0.15) is 6.61 Å². The van der Waals surface area contributed by atoms with Crippen LogP contribution in [0.15, 0.2) is 0 Å². The molecule has 2 heterocycles. The summed E-state index contributed by atoms with van der Waals surface area (Å²) in [7, 11) is 1.58. The summed E-state index contributed by atoms with van der Waals surface area (Å²) >= 11 is 0. The Morgan fingerprint density at radius 1 is 1.10 bits per heavy atom. The predicted octanol–water partition coefficient (Wildman–Crippen LogP) is 1.09. The third-order valence-electron chi connectivity index (χ3n) is 4.71. The number of nitrogens with one attached hydrogen (secondary N) is 1. The fourth-order valence-electron chi connectivity index (χ4n) is 3.48. The van der Waals surface area contributed by atoms with Gasteiger partial charge >= 0.3 is 0 Å². The Balaban J connectivity index is 1.64. The Labute approximate surface area is 129 Å². The van der Waals surface area contributed by atoms with E-state index in [4.69, 9.17) is 4.74 Å². The Bertz CT molecular complexity index is 309. The number of likely N-dealkylation sites (tertiary alicyclic amines) is 2. The zero-order valence-corrected chi connectivity index (χ0v) is 13.6. The number of amides is 1. The van der Waals surface area contributed by atoms with Crippen LogP contribution in [0.25, 0.3) is 0 Å². The fourth-order valence-corrected chi connectivity index (χ4v) is 3.48. The maximum Gasteiger partial charge on any atom is 0.248 e. The van der Waals surface area contributed by atoms with Gasteiger partial charge < -0.3 is 19.9 Å². The van der Waals surface area contributed by atoms with Crippen molar-refractivity contribution in [1.82, 2.24) is 15.1 Å². The second-order valence-electron chi connectivity index (χ2n) is 6.37. The largest absolute Gasteiger partial charge is 0.375 e. The number of carbonyl (C=O) groups excluding carboxylic acids is 1. The van der Waals surface area contributed by atoms with Crippen molar-refractivity contribution in [2.24, 2.45) is 0 Å². The SMILES string of the molecule is CCCN1CCC(NC2CCN(C(=O)COC)CC2)CC1. The van der Waals surface area contributed by atoms with E-state index >= 15 is 0 Å². The van der Waals surface area contributed by atoms with Crippen molar-refractivity contribution in [3.63, 3.8) is 0 Å². The van der Waals surface area contributed by atoms with Gasteiger partial charge in [-0.2, -0.15) is 0 Å². The number of rotatable bonds is 6. The molecule has 2 aliphatic heterocycles. The average Bonchev–Trinajstić information content (AvgIpc) is 2.50. The molecule has 1 amide bonds. The van der Waals surface area contributed by atoms with Crippen molar-refractivity contribution in [3.8, 4) is 0 Å². The molecule has 0 bridgehead atoms. The molecule has 2 rings (SSSR count). The minimum atomic E-state index is 0.129. The van der Waals surface area contributed by atoms with E-state index in [1.807, 2.05) is 4.90 Å². The molecule has 0 spiro atoms. The topological polar surface area (TPSA) is 44.8 Å². The third-order valence-corrected chi connectivity index (χ3v) is 4.71. The van der Waals surface area contributed by atoms with Gasteiger partial charge in [0.25, 0.3) is 0 Å². The van der Waals surface area contributed by atoms with E-state index in [0.717, 1.165) is 25.9 Å². The predicted molar refractivity (Wildman–Crippen MR) is 84.4 cm³/mol. The molecule has 5 heteroatoms. The van der Waals surface area contributed by atoms with Crippen LogP contribution >= 0.6 is 0 Å². The summed E-state index contributed by atoms with van der Waals surface area (Å²) in [5.41, 5.74) is 0. The second kappa shape index (κ2) is 8.71. The number of nitrogens with zero attached hydrogens (tertiary/aromatic N) is 2. The van der Waals surface area contributed by atoms with Gasteiger partial charge in [-0.05, 0) is 51.7 Å². The van der Waals surface area contributed by atoms with Crippen LogP contribution in [0.2, 0.25) is 0 Å². The highest BCUT2D eigenvalue weighted by molar-refractivity contribution is 5.77. The van der Waals surface area contributed by atoms with E-state index in [9.17, 15) is 4.79 Å². The van der Waals surface area contributed by atoms with Crippen LogP contribution in [-0.2, 0) is 9.53 Å². The smallest absolute Gasteiger partial charge is 0.248 e. The Hall–Kier alpha value is -0.650. The third kappa shape index (κ3) is 5.24. The summed E-state index contributed by atoms with van der Waals surface area (Å²) in [5.74, 6) is 0.129. The van der Waals surface area contributed by atoms with E-state index in [1.165, 1.54) is 38.9 Å². The summed E-state index contributed by atoms with van der Waals surface area (Å²) in [6, 6.07) is 1.25. The van der Waals surface area contributed by atoms with Crippen molar-refractivity contribution < 1.29 is 9.53 Å². The number of methoxy groups -OCH3 is 1. The molecule has 0 aromatic heterocycles. The van der Waals surface area contributed by atoms with Gasteiger partial charge in [0, 0.05) is 32.3 Å². The van der Waals surface area contributed by atoms with Gasteiger partial charge in [-0.3, -0.25) is 4.79 Å². The number of piperidine rings is 2. The van der Waals surface area contributed by atoms with Crippen LogP contribution < -0.4 is 5.32 Å². The minimum Gasteiger partial charge on any atom is -0.375 e. The number of carbonyl (C=O) groups is 1. The highest BCUT2D eigenvalue weighted by Gasteiger charge is 2.26. The van der Waals surface area contributed by atoms with Gasteiger partial charge in [-0.25, -0.2) is 0 Å². The molecule has 122 valence electrons. The van der Waals surface area contributed by atoms with Gasteiger partial charge in [0.2, 0.25) is 5.91 Å². The van der Waals surface area contributed by atoms with Crippen LogP contribution in [-0.4, -0.2) is 74.2 Å². The molecule has 0 aromatic carbocycles. The van der Waals surface area contributed by atoms with Crippen LogP contribution in [0.4, 0.5) is 0 Å². The molecule has 0 aliphatic carbocycles. The molecule has 2 aliphatic rings. The molecule has 5 nitrogen and oxygen atoms in total. The first kappa shape index (κ1) is 16.7. The van der Waals surface area contributed by atoms with Gasteiger partial charge in [-0.1, -0.05) is 6.92 Å². The quantitative estimate of drug-likeness (QED) is 0.797. The van der Waals surface area contributed by atoms with Crippen LogP contribution in [0.1, 0.15) is 39.0 Å². The molecule has 0 aromatic rings. The van der Waals surface area contributed by atoms with Crippen LogP contribution in [0.3, 0.4) is 0 Å². The zero-order chi connectivity index (χ0) is 15.1. The van der Waals surface area contributed by atoms with Gasteiger partial charge in [0.15, 0.2) is 0 Å². The van der Waals surface area contributed by atoms with E-state index < -0.39 is 0 Å². The summed E-state index contributed by atoms with van der Waals surface area (Å²) in [6.07, 6.45) is 5.94. The lowest BCUT2D eigenvalue weighted by Gasteiger charge is -2.37. The highest BCUT2D eigenvalue weighted by Crippen LogP contribution is 2.16. The Morgan fingerprint density at radius 3 is 2.19 bits per heavy atom. The lowest BCUT2D eigenvalue weighted by atomic mass is 9.99. The lowest BCUT2D eigenvalue weighted by molar-refractivity contribution is -0.136. The molecule has 21 heavy (non-hydrogen) atoms. The lowest BCUT2D eigenvalue weighted by Crippen LogP contribution is -2.51. The van der Waals surface area contributed by atoms with Crippen LogP contribution in [0.5, 0.6) is 0 Å². The normalized spacial score (nSPS) is 22.7. The van der Waals surface area contributed by atoms with Crippen molar-refractivity contribution in [2.45, 2.75) is 51.1 Å². The van der Waals surface area contributed by atoms with E-state index in [2.05, 4.69) is 17.1 Å². The summed E-state index contributed by atoms with van der Waals surface area (Å²) in [5, 5.41) is 3.82. The monoisotopic (exact) mass is 297 g/mol. The highest BCUT2D eigenvalue weighted by atomic mass is 16.5. The number of hydrogen-bond donors (Lipinski definition) is 1. The standard InChI is InChI=1S/C16H31N3O2/c1-3-8-18-9-4-14(5-10-18)17-15-6-11-19(12-7-15)16(20)13-21-2/h14-15,17H,3-13H2,1-2H3. The molecule has 0 radical (unpaired) electrons. The summed E-state index contributed by atoms with van der Waals surface area (Å²) < 4.78 is 4.92. The van der Waals surface area contributed by atoms with Crippen LogP contribution in [0, 0.1) is 0 Å². The van der Waals surface area contributed by atoms with Crippen molar-refractivity contribution >= 4 is 5.91 Å². The van der Waals surface area contributed by atoms with Crippen molar-refractivity contribution in [1.29, 1.82) is 0 Å². The molecule has 0 atom stereocenters. The maximum absolute atomic E-state index is 11.8. The van der Waals surface area contributed by atoms with Crippen molar-refractivity contribution in [3.05, 3.63) is 0 Å². The van der Waals surface area contributed by atoms with E-state index in [1.54, 1.807) is 7.11 Å². The first-order valence-corrected chi connectivity index (χ1v) is 8.48. The first-order chi connectivity index (χ1) is 10.2. The summed E-state index contributed by atoms with van der Waals surface area (Å²) in [4.78, 5) is 16.3. The first-order valence-electron chi connectivity index (χ1n) is 8.48. The Morgan fingerprint density at radius 2 is 1.67 bits per heavy atom. The second-order valence-corrected chi connectivity index (χ2v) is 6.37. The minimum absolute atomic E-state index is 0.129. The number of hydrogen-bond acceptors (Lipinski definition) is 4. The van der Waals surface area contributed by atoms with E-state index in [0.29, 0.717) is 12.1 Å². The molecule has 2 saturated heterocycles. The van der Waals surface area contributed by atoms with Gasteiger partial charge in [-0.15, -0.1) is 0 Å². The molecular weight excluding hydrogens is 266 g/mol. The molecular formula is C16H31N3O2. The number of ether oxygens (including phenoxy) is 1. The van der Waals surface area contributed by atoms with Gasteiger partial charge in [0.05, 0.1) is 0 Å².